The molecule has 0 amide bonds. The molecule has 2 aliphatic rings. The number of hydrogen-bond donors (Lipinski definition) is 2. The quantitative estimate of drug-likeness (QED) is 0.647. The minimum Gasteiger partial charge on any atom is -0.356 e. The molecule has 1 saturated carbocycles. The molecule has 1 aliphatic heterocycles. The van der Waals surface area contributed by atoms with Gasteiger partial charge in [-0.2, -0.15) is 0 Å². The van der Waals surface area contributed by atoms with Crippen LogP contribution in [0.1, 0.15) is 37.3 Å². The molecule has 4 heteroatoms. The molecule has 0 bridgehead atoms. The van der Waals surface area contributed by atoms with Gasteiger partial charge in [-0.3, -0.25) is 9.89 Å². The molecule has 4 nitrogen and oxygen atoms in total. The van der Waals surface area contributed by atoms with E-state index in [1.165, 1.54) is 30.4 Å². The Morgan fingerprint density at radius 3 is 2.65 bits per heavy atom. The summed E-state index contributed by atoms with van der Waals surface area (Å²) < 4.78 is 0. The Morgan fingerprint density at radius 1 is 1.26 bits per heavy atom. The first-order chi connectivity index (χ1) is 11.2. The number of nitrogens with one attached hydrogen (secondary N) is 2. The van der Waals surface area contributed by atoms with E-state index in [0.29, 0.717) is 12.1 Å². The van der Waals surface area contributed by atoms with Crippen LogP contribution in [0.5, 0.6) is 0 Å². The number of likely N-dealkylation sites (tertiary alicyclic amines) is 1. The summed E-state index contributed by atoms with van der Waals surface area (Å²) in [5.74, 6) is 0.937. The normalized spacial score (nSPS) is 25.6. The molecule has 2 atom stereocenters. The Balaban J connectivity index is 1.42. The van der Waals surface area contributed by atoms with Crippen LogP contribution < -0.4 is 10.6 Å². The Morgan fingerprint density at radius 2 is 2.00 bits per heavy atom. The van der Waals surface area contributed by atoms with Crippen molar-refractivity contribution in [3.8, 4) is 0 Å². The van der Waals surface area contributed by atoms with E-state index in [-0.39, 0.29) is 0 Å². The van der Waals surface area contributed by atoms with Crippen LogP contribution in [-0.2, 0) is 6.42 Å². The van der Waals surface area contributed by atoms with Crippen LogP contribution in [0.25, 0.3) is 0 Å². The monoisotopic (exact) mass is 314 g/mol. The molecule has 1 aliphatic carbocycles. The first-order valence-corrected chi connectivity index (χ1v) is 8.94. The molecule has 0 spiro atoms. The van der Waals surface area contributed by atoms with Crippen molar-refractivity contribution in [1.82, 2.24) is 15.5 Å². The van der Waals surface area contributed by atoms with E-state index < -0.39 is 0 Å². The first-order valence-electron chi connectivity index (χ1n) is 8.94. The van der Waals surface area contributed by atoms with Crippen LogP contribution >= 0.6 is 0 Å². The lowest BCUT2D eigenvalue weighted by atomic mass is 10.1. The number of nitrogens with zero attached hydrogens (tertiary/aromatic N) is 2. The van der Waals surface area contributed by atoms with Gasteiger partial charge in [0.05, 0.1) is 0 Å². The molecular weight excluding hydrogens is 284 g/mol. The summed E-state index contributed by atoms with van der Waals surface area (Å²) in [4.78, 5) is 7.05. The van der Waals surface area contributed by atoms with Crippen molar-refractivity contribution in [2.24, 2.45) is 4.99 Å². The molecule has 1 saturated heterocycles. The molecule has 2 unspecified atom stereocenters. The Labute approximate surface area is 140 Å². The molecular formula is C19H30N4. The van der Waals surface area contributed by atoms with Gasteiger partial charge < -0.3 is 10.6 Å². The van der Waals surface area contributed by atoms with E-state index in [9.17, 15) is 0 Å². The smallest absolute Gasteiger partial charge is 0.191 e. The standard InChI is InChI=1S/C19H30N4/c1-14-4-6-16(7-5-14)10-11-21-19(20-3)22-17-12-15(2)23(13-17)18-8-9-18/h4-7,15,17-18H,8-13H2,1-3H3,(H2,20,21,22). The van der Waals surface area contributed by atoms with Gasteiger partial charge in [-0.25, -0.2) is 0 Å². The number of aliphatic imine (C=N–C) groups is 1. The highest BCUT2D eigenvalue weighted by Crippen LogP contribution is 2.33. The molecule has 2 N–H and O–H groups in total. The van der Waals surface area contributed by atoms with Gasteiger partial charge >= 0.3 is 0 Å². The molecule has 1 aromatic carbocycles. The number of rotatable bonds is 5. The second-order valence-corrected chi connectivity index (χ2v) is 7.09. The Hall–Kier alpha value is -1.55. The summed E-state index contributed by atoms with van der Waals surface area (Å²) in [6.07, 6.45) is 5.02. The fraction of sp³-hybridized carbons (Fsp3) is 0.632. The highest BCUT2D eigenvalue weighted by molar-refractivity contribution is 5.80. The van der Waals surface area contributed by atoms with Crippen LogP contribution in [0.4, 0.5) is 0 Å². The highest BCUT2D eigenvalue weighted by Gasteiger charge is 2.38. The summed E-state index contributed by atoms with van der Waals surface area (Å²) in [6, 6.07) is 10.8. The zero-order valence-corrected chi connectivity index (χ0v) is 14.7. The third-order valence-electron chi connectivity index (χ3n) is 5.03. The number of aryl methyl sites for hydroxylation is 1. The molecule has 1 aromatic rings. The van der Waals surface area contributed by atoms with Crippen molar-refractivity contribution >= 4 is 5.96 Å². The third kappa shape index (κ3) is 4.47. The molecule has 2 fully saturated rings. The second-order valence-electron chi connectivity index (χ2n) is 7.09. The molecule has 3 rings (SSSR count). The molecule has 126 valence electrons. The van der Waals surface area contributed by atoms with E-state index in [2.05, 4.69) is 58.6 Å². The summed E-state index contributed by atoms with van der Waals surface area (Å²) in [7, 11) is 1.86. The van der Waals surface area contributed by atoms with E-state index in [0.717, 1.165) is 31.5 Å². The zero-order valence-electron chi connectivity index (χ0n) is 14.7. The topological polar surface area (TPSA) is 39.7 Å². The van der Waals surface area contributed by atoms with Crippen LogP contribution in [0.15, 0.2) is 29.3 Å². The molecule has 0 radical (unpaired) electrons. The second kappa shape index (κ2) is 7.35. The number of hydrogen-bond acceptors (Lipinski definition) is 2. The average Bonchev–Trinajstić information content (AvgIpc) is 3.32. The lowest BCUT2D eigenvalue weighted by molar-refractivity contribution is 0.256. The molecule has 1 heterocycles. The number of guanidine groups is 1. The lowest BCUT2D eigenvalue weighted by Crippen LogP contribution is -2.45. The van der Waals surface area contributed by atoms with E-state index in [4.69, 9.17) is 0 Å². The summed E-state index contributed by atoms with van der Waals surface area (Å²) in [5, 5.41) is 7.06. The van der Waals surface area contributed by atoms with Gasteiger partial charge in [0.2, 0.25) is 0 Å². The minimum atomic E-state index is 0.524. The fourth-order valence-corrected chi connectivity index (χ4v) is 3.54. The van der Waals surface area contributed by atoms with Gasteiger partial charge in [0.15, 0.2) is 5.96 Å². The minimum absolute atomic E-state index is 0.524. The SMILES string of the molecule is CN=C(NCCc1ccc(C)cc1)NC1CC(C)N(C2CC2)C1. The van der Waals surface area contributed by atoms with Crippen molar-refractivity contribution in [1.29, 1.82) is 0 Å². The fourth-order valence-electron chi connectivity index (χ4n) is 3.54. The first kappa shape index (κ1) is 16.3. The van der Waals surface area contributed by atoms with Gasteiger partial charge in [-0.05, 0) is 45.1 Å². The summed E-state index contributed by atoms with van der Waals surface area (Å²) in [6.45, 7) is 6.55. The molecule has 23 heavy (non-hydrogen) atoms. The average molecular weight is 314 g/mol. The summed E-state index contributed by atoms with van der Waals surface area (Å²) >= 11 is 0. The van der Waals surface area contributed by atoms with Gasteiger partial charge in [-0.1, -0.05) is 29.8 Å². The van der Waals surface area contributed by atoms with Crippen molar-refractivity contribution in [2.45, 2.75) is 57.7 Å². The third-order valence-corrected chi connectivity index (χ3v) is 5.03. The van der Waals surface area contributed by atoms with Crippen LogP contribution in [0.3, 0.4) is 0 Å². The van der Waals surface area contributed by atoms with Crippen molar-refractivity contribution in [3.63, 3.8) is 0 Å². The van der Waals surface area contributed by atoms with Crippen molar-refractivity contribution in [3.05, 3.63) is 35.4 Å². The van der Waals surface area contributed by atoms with Crippen LogP contribution in [0, 0.1) is 6.92 Å². The van der Waals surface area contributed by atoms with Crippen LogP contribution in [0.2, 0.25) is 0 Å². The van der Waals surface area contributed by atoms with Gasteiger partial charge in [0.25, 0.3) is 0 Å². The maximum Gasteiger partial charge on any atom is 0.191 e. The maximum absolute atomic E-state index is 4.38. The van der Waals surface area contributed by atoms with Crippen LogP contribution in [-0.4, -0.2) is 49.1 Å². The van der Waals surface area contributed by atoms with Crippen molar-refractivity contribution in [2.75, 3.05) is 20.1 Å². The number of benzene rings is 1. The maximum atomic E-state index is 4.38. The van der Waals surface area contributed by atoms with E-state index in [1.54, 1.807) is 0 Å². The van der Waals surface area contributed by atoms with Gasteiger partial charge in [0.1, 0.15) is 0 Å². The Bertz CT molecular complexity index is 533. The van der Waals surface area contributed by atoms with E-state index in [1.807, 2.05) is 7.05 Å². The van der Waals surface area contributed by atoms with Gasteiger partial charge in [0, 0.05) is 38.3 Å². The summed E-state index contributed by atoms with van der Waals surface area (Å²) in [5.41, 5.74) is 2.68. The van der Waals surface area contributed by atoms with Gasteiger partial charge in [-0.15, -0.1) is 0 Å². The predicted octanol–water partition coefficient (Wildman–Crippen LogP) is 2.33. The largest absolute Gasteiger partial charge is 0.356 e. The lowest BCUT2D eigenvalue weighted by Gasteiger charge is -2.20. The van der Waals surface area contributed by atoms with E-state index >= 15 is 0 Å². The predicted molar refractivity (Wildman–Crippen MR) is 97.0 cm³/mol. The highest BCUT2D eigenvalue weighted by atomic mass is 15.3. The van der Waals surface area contributed by atoms with Crippen molar-refractivity contribution < 1.29 is 0 Å². The molecule has 0 aromatic heterocycles. The Kier molecular flexibility index (Phi) is 5.21. The zero-order chi connectivity index (χ0) is 16.2.